The average Bonchev–Trinajstić information content (AvgIpc) is 2.65. The standard InChI is InChI=1S/C25H36O10/c1-23(2,3)33-19(27)13-30-17-10-16(12-26)11-18(31-14-20(28)34-24(4,5)6)22(17)32-15-21(29)35-25(7,8)9/h10-12H,13-15H2,1-9H3. The van der Waals surface area contributed by atoms with E-state index in [-0.39, 0.29) is 22.8 Å². The molecule has 0 bridgehead atoms. The van der Waals surface area contributed by atoms with Gasteiger partial charge >= 0.3 is 17.9 Å². The molecule has 196 valence electrons. The Kier molecular flexibility index (Phi) is 10.1. The lowest BCUT2D eigenvalue weighted by atomic mass is 10.2. The monoisotopic (exact) mass is 496 g/mol. The van der Waals surface area contributed by atoms with Gasteiger partial charge in [-0.05, 0) is 74.4 Å². The van der Waals surface area contributed by atoms with Crippen LogP contribution in [0.5, 0.6) is 17.2 Å². The molecule has 0 unspecified atom stereocenters. The van der Waals surface area contributed by atoms with Crippen molar-refractivity contribution in [1.82, 2.24) is 0 Å². The van der Waals surface area contributed by atoms with Crippen molar-refractivity contribution in [3.63, 3.8) is 0 Å². The predicted molar refractivity (Wildman–Crippen MR) is 126 cm³/mol. The molecule has 0 aliphatic rings. The lowest BCUT2D eigenvalue weighted by molar-refractivity contribution is -0.159. The summed E-state index contributed by atoms with van der Waals surface area (Å²) in [5, 5.41) is 0. The van der Waals surface area contributed by atoms with Crippen molar-refractivity contribution in [2.24, 2.45) is 0 Å². The average molecular weight is 497 g/mol. The summed E-state index contributed by atoms with van der Waals surface area (Å²) in [6.07, 6.45) is 0.526. The van der Waals surface area contributed by atoms with Crippen molar-refractivity contribution in [3.05, 3.63) is 17.7 Å². The molecule has 0 saturated carbocycles. The highest BCUT2D eigenvalue weighted by molar-refractivity contribution is 5.80. The number of carbonyl (C=O) groups is 4. The summed E-state index contributed by atoms with van der Waals surface area (Å²) in [4.78, 5) is 47.9. The molecule has 10 nitrogen and oxygen atoms in total. The first-order valence-electron chi connectivity index (χ1n) is 11.1. The van der Waals surface area contributed by atoms with Crippen LogP contribution in [0.3, 0.4) is 0 Å². The molecule has 1 aromatic carbocycles. The molecule has 0 fully saturated rings. The predicted octanol–water partition coefficient (Wildman–Crippen LogP) is 3.66. The van der Waals surface area contributed by atoms with E-state index >= 15 is 0 Å². The van der Waals surface area contributed by atoms with Crippen LogP contribution in [-0.2, 0) is 28.6 Å². The fraction of sp³-hybridized carbons (Fsp3) is 0.600. The smallest absolute Gasteiger partial charge is 0.344 e. The Bertz CT molecular complexity index is 861. The molecule has 0 heterocycles. The number of ether oxygens (including phenoxy) is 6. The first-order chi connectivity index (χ1) is 15.9. The zero-order chi connectivity index (χ0) is 27.0. The third-order valence-electron chi connectivity index (χ3n) is 3.46. The van der Waals surface area contributed by atoms with Crippen LogP contribution in [0.15, 0.2) is 12.1 Å². The molecule has 1 aromatic rings. The zero-order valence-corrected chi connectivity index (χ0v) is 21.9. The molecule has 0 N–H and O–H groups in total. The van der Waals surface area contributed by atoms with Crippen molar-refractivity contribution in [2.45, 2.75) is 79.1 Å². The first-order valence-corrected chi connectivity index (χ1v) is 11.1. The topological polar surface area (TPSA) is 124 Å². The highest BCUT2D eigenvalue weighted by atomic mass is 16.6. The lowest BCUT2D eigenvalue weighted by Gasteiger charge is -2.22. The van der Waals surface area contributed by atoms with E-state index in [1.165, 1.54) is 12.1 Å². The van der Waals surface area contributed by atoms with Crippen molar-refractivity contribution < 1.29 is 47.6 Å². The minimum atomic E-state index is -0.742. The molecule has 35 heavy (non-hydrogen) atoms. The number of hydrogen-bond donors (Lipinski definition) is 0. The van der Waals surface area contributed by atoms with Crippen molar-refractivity contribution in [3.8, 4) is 17.2 Å². The maximum atomic E-state index is 12.2. The Hall–Kier alpha value is -3.30. The van der Waals surface area contributed by atoms with Gasteiger partial charge in [0.25, 0.3) is 0 Å². The molecule has 0 aromatic heterocycles. The summed E-state index contributed by atoms with van der Waals surface area (Å²) in [6, 6.07) is 2.62. The third kappa shape index (κ3) is 12.7. The summed E-state index contributed by atoms with van der Waals surface area (Å²) in [7, 11) is 0. The molecule has 0 radical (unpaired) electrons. The van der Waals surface area contributed by atoms with Gasteiger partial charge < -0.3 is 28.4 Å². The fourth-order valence-electron chi connectivity index (χ4n) is 2.54. The van der Waals surface area contributed by atoms with E-state index in [9.17, 15) is 19.2 Å². The van der Waals surface area contributed by atoms with Gasteiger partial charge in [0.15, 0.2) is 31.3 Å². The van der Waals surface area contributed by atoms with Crippen LogP contribution in [0.2, 0.25) is 0 Å². The second-order valence-electron chi connectivity index (χ2n) is 10.6. The first kappa shape index (κ1) is 29.7. The summed E-state index contributed by atoms with van der Waals surface area (Å²) < 4.78 is 32.4. The Morgan fingerprint density at radius 2 is 0.943 bits per heavy atom. The molecule has 0 atom stereocenters. The minimum absolute atomic E-state index is 0.0665. The third-order valence-corrected chi connectivity index (χ3v) is 3.46. The number of rotatable bonds is 10. The number of hydrogen-bond acceptors (Lipinski definition) is 10. The summed E-state index contributed by atoms with van der Waals surface area (Å²) in [6.45, 7) is 13.8. The maximum Gasteiger partial charge on any atom is 0.344 e. The van der Waals surface area contributed by atoms with Gasteiger partial charge in [0.1, 0.15) is 23.1 Å². The largest absolute Gasteiger partial charge is 0.478 e. The van der Waals surface area contributed by atoms with E-state index < -0.39 is 54.5 Å². The Labute approximate surface area is 206 Å². The highest BCUT2D eigenvalue weighted by Gasteiger charge is 2.24. The Morgan fingerprint density at radius 1 is 0.629 bits per heavy atom. The van der Waals surface area contributed by atoms with Crippen LogP contribution in [0.4, 0.5) is 0 Å². The van der Waals surface area contributed by atoms with Crippen molar-refractivity contribution in [2.75, 3.05) is 19.8 Å². The van der Waals surface area contributed by atoms with Gasteiger partial charge in [-0.2, -0.15) is 0 Å². The van der Waals surface area contributed by atoms with E-state index in [0.717, 1.165) is 0 Å². The van der Waals surface area contributed by atoms with Gasteiger partial charge in [-0.3, -0.25) is 4.79 Å². The number of esters is 3. The van der Waals surface area contributed by atoms with Gasteiger partial charge in [-0.1, -0.05) is 0 Å². The molecule has 1 rings (SSSR count). The SMILES string of the molecule is CC(C)(C)OC(=O)COc1cc(C=O)cc(OCC(=O)OC(C)(C)C)c1OCC(=O)OC(C)(C)C. The van der Waals surface area contributed by atoms with Crippen LogP contribution in [0.1, 0.15) is 72.7 Å². The van der Waals surface area contributed by atoms with Crippen LogP contribution >= 0.6 is 0 Å². The number of carbonyl (C=O) groups excluding carboxylic acids is 4. The maximum absolute atomic E-state index is 12.2. The summed E-state index contributed by atoms with van der Waals surface area (Å²) in [5.41, 5.74) is -2.09. The van der Waals surface area contributed by atoms with Gasteiger partial charge in [0.2, 0.25) is 5.75 Å². The quantitative estimate of drug-likeness (QED) is 0.269. The number of benzene rings is 1. The van der Waals surface area contributed by atoms with Crippen molar-refractivity contribution in [1.29, 1.82) is 0 Å². The lowest BCUT2D eigenvalue weighted by Crippen LogP contribution is -2.28. The molecule has 0 aliphatic heterocycles. The van der Waals surface area contributed by atoms with Gasteiger partial charge in [0, 0.05) is 5.56 Å². The zero-order valence-electron chi connectivity index (χ0n) is 21.9. The second-order valence-corrected chi connectivity index (χ2v) is 10.6. The van der Waals surface area contributed by atoms with Crippen LogP contribution in [-0.4, -0.2) is 60.8 Å². The van der Waals surface area contributed by atoms with Crippen molar-refractivity contribution >= 4 is 24.2 Å². The van der Waals surface area contributed by atoms with Gasteiger partial charge in [0.05, 0.1) is 0 Å². The van der Waals surface area contributed by atoms with Crippen LogP contribution in [0.25, 0.3) is 0 Å². The summed E-state index contributed by atoms with van der Waals surface area (Å²) >= 11 is 0. The van der Waals surface area contributed by atoms with E-state index in [0.29, 0.717) is 6.29 Å². The van der Waals surface area contributed by atoms with E-state index in [1.54, 1.807) is 62.3 Å². The van der Waals surface area contributed by atoms with Crippen LogP contribution < -0.4 is 14.2 Å². The van der Waals surface area contributed by atoms with E-state index in [4.69, 9.17) is 28.4 Å². The van der Waals surface area contributed by atoms with Gasteiger partial charge in [-0.15, -0.1) is 0 Å². The summed E-state index contributed by atoms with van der Waals surface area (Å²) in [5.74, 6) is -2.24. The highest BCUT2D eigenvalue weighted by Crippen LogP contribution is 2.39. The Morgan fingerprint density at radius 3 is 1.23 bits per heavy atom. The van der Waals surface area contributed by atoms with E-state index in [1.807, 2.05) is 0 Å². The molecule has 10 heteroatoms. The molecular weight excluding hydrogens is 460 g/mol. The molecule has 0 amide bonds. The fourth-order valence-corrected chi connectivity index (χ4v) is 2.54. The van der Waals surface area contributed by atoms with E-state index in [2.05, 4.69) is 0 Å². The number of aldehydes is 1. The van der Waals surface area contributed by atoms with Crippen LogP contribution in [0, 0.1) is 0 Å². The molecular formula is C25H36O10. The van der Waals surface area contributed by atoms with Gasteiger partial charge in [-0.25, -0.2) is 14.4 Å². The Balaban J connectivity index is 3.22. The minimum Gasteiger partial charge on any atom is -0.478 e. The molecule has 0 spiro atoms. The second kappa shape index (κ2) is 11.9. The normalized spacial score (nSPS) is 11.8. The molecule has 0 aliphatic carbocycles. The molecule has 0 saturated heterocycles.